The van der Waals surface area contributed by atoms with Gasteiger partial charge in [-0.1, -0.05) is 204 Å². The molecule has 0 aromatic heterocycles. The lowest BCUT2D eigenvalue weighted by atomic mass is 10.2. The van der Waals surface area contributed by atoms with Crippen LogP contribution < -0.4 is 28.4 Å². The molecule has 13 heteroatoms. The summed E-state index contributed by atoms with van der Waals surface area (Å²) in [5, 5.41) is 0. The van der Waals surface area contributed by atoms with E-state index >= 15 is 0 Å². The van der Waals surface area contributed by atoms with E-state index < -0.39 is 0 Å². The largest absolute Gasteiger partial charge is 0.450 e. The SMILES string of the molecule is CC.CC.CC.CC.CC.CC.CCN(C)C.CCN(C)C.CCN(C)C.CCN(C)C.CCN(C)C.CCN(C)C.CCN(C)C.c1ccc2c(c1)Oc1ccccc1O2.c1ccc2c(c1)Oc1ccccc1O2.c1ccc2c(c1)Oc1ccccc1O2. The molecular formula is C76H137N7O6. The second-order valence-electron chi connectivity index (χ2n) is 19.1. The number of hydrogen-bond acceptors (Lipinski definition) is 13. The molecule has 9 rings (SSSR count). The van der Waals surface area contributed by atoms with E-state index in [0.29, 0.717) is 0 Å². The van der Waals surface area contributed by atoms with Crippen molar-refractivity contribution in [2.45, 2.75) is 132 Å². The molecule has 89 heavy (non-hydrogen) atoms. The second kappa shape index (κ2) is 69.3. The molecule has 512 valence electrons. The fraction of sp³-hybridized carbons (Fsp3) is 0.526. The lowest BCUT2D eigenvalue weighted by molar-refractivity contribution is 0.359. The van der Waals surface area contributed by atoms with Crippen LogP contribution in [0.2, 0.25) is 0 Å². The zero-order valence-electron chi connectivity index (χ0n) is 63.4. The third-order valence-electron chi connectivity index (χ3n) is 10.8. The van der Waals surface area contributed by atoms with E-state index in [9.17, 15) is 0 Å². The number of ether oxygens (including phenoxy) is 6. The molecule has 0 saturated carbocycles. The van der Waals surface area contributed by atoms with Crippen LogP contribution in [0.1, 0.15) is 132 Å². The van der Waals surface area contributed by atoms with E-state index in [-0.39, 0.29) is 0 Å². The van der Waals surface area contributed by atoms with Crippen LogP contribution in [0.4, 0.5) is 0 Å². The maximum atomic E-state index is 5.65. The van der Waals surface area contributed by atoms with Crippen molar-refractivity contribution in [3.63, 3.8) is 0 Å². The molecule has 6 aromatic rings. The lowest BCUT2D eigenvalue weighted by Gasteiger charge is -2.19. The van der Waals surface area contributed by atoms with Gasteiger partial charge in [0.15, 0.2) is 69.0 Å². The standard InChI is InChI=1S/3C12H8O2.7C4H11N.6C2H6/c3*1-2-6-10-9(5-1)13-11-7-3-4-8-12(11)14-10;7*1-4-5(2)3;6*1-2/h3*1-8H;7*4H2,1-3H3;6*1-2H3. The first kappa shape index (κ1) is 96.5. The normalized spacial score (nSPS) is 9.84. The fourth-order valence-electron chi connectivity index (χ4n) is 4.42. The summed E-state index contributed by atoms with van der Waals surface area (Å²) in [6.07, 6.45) is 0. The molecule has 0 aliphatic carbocycles. The van der Waals surface area contributed by atoms with Crippen molar-refractivity contribution in [3.8, 4) is 69.0 Å². The molecule has 3 heterocycles. The Morgan fingerprint density at radius 1 is 0.169 bits per heavy atom. The summed E-state index contributed by atoms with van der Waals surface area (Å²) in [6, 6.07) is 45.9. The first-order chi connectivity index (χ1) is 42.7. The summed E-state index contributed by atoms with van der Waals surface area (Å²) < 4.78 is 33.9. The van der Waals surface area contributed by atoms with Crippen LogP contribution in [-0.2, 0) is 0 Å². The second-order valence-corrected chi connectivity index (χ2v) is 19.1. The molecule has 0 fully saturated rings. The number of hydrogen-bond donors (Lipinski definition) is 0. The Balaban J connectivity index is -0.000000171. The molecule has 0 atom stereocenters. The topological polar surface area (TPSA) is 78.1 Å². The van der Waals surface area contributed by atoms with Crippen LogP contribution in [0.25, 0.3) is 0 Å². The number of benzene rings is 6. The molecule has 6 aromatic carbocycles. The van der Waals surface area contributed by atoms with Crippen molar-refractivity contribution in [2.75, 3.05) is 144 Å². The maximum absolute atomic E-state index is 5.65. The Morgan fingerprint density at radius 2 is 0.225 bits per heavy atom. The Bertz CT molecular complexity index is 1820. The third kappa shape index (κ3) is 54.5. The summed E-state index contributed by atoms with van der Waals surface area (Å²) in [4.78, 5) is 14.9. The highest BCUT2D eigenvalue weighted by molar-refractivity contribution is 5.56. The predicted molar refractivity (Wildman–Crippen MR) is 397 cm³/mol. The van der Waals surface area contributed by atoms with Gasteiger partial charge in [0.05, 0.1) is 0 Å². The number of rotatable bonds is 7. The Kier molecular flexibility index (Phi) is 75.1. The monoisotopic (exact) mass is 1240 g/mol. The van der Waals surface area contributed by atoms with Crippen LogP contribution in [0.15, 0.2) is 146 Å². The quantitative estimate of drug-likeness (QED) is 0.152. The van der Waals surface area contributed by atoms with Crippen molar-refractivity contribution in [1.29, 1.82) is 0 Å². The van der Waals surface area contributed by atoms with Crippen molar-refractivity contribution in [1.82, 2.24) is 34.3 Å². The highest BCUT2D eigenvalue weighted by Crippen LogP contribution is 2.46. The van der Waals surface area contributed by atoms with Crippen LogP contribution in [0.5, 0.6) is 69.0 Å². The van der Waals surface area contributed by atoms with Crippen LogP contribution in [0.3, 0.4) is 0 Å². The molecular weight excluding hydrogens is 1110 g/mol. The van der Waals surface area contributed by atoms with Crippen LogP contribution in [-0.4, -0.2) is 179 Å². The van der Waals surface area contributed by atoms with Gasteiger partial charge in [-0.15, -0.1) is 0 Å². The Hall–Kier alpha value is -6.16. The Labute approximate surface area is 550 Å². The van der Waals surface area contributed by atoms with Gasteiger partial charge in [-0.25, -0.2) is 0 Å². The molecule has 0 N–H and O–H groups in total. The Morgan fingerprint density at radius 3 is 0.270 bits per heavy atom. The fourth-order valence-corrected chi connectivity index (χ4v) is 4.42. The van der Waals surface area contributed by atoms with Gasteiger partial charge in [-0.2, -0.15) is 0 Å². The van der Waals surface area contributed by atoms with Gasteiger partial charge in [0.2, 0.25) is 0 Å². The first-order valence-corrected chi connectivity index (χ1v) is 32.8. The van der Waals surface area contributed by atoms with Gasteiger partial charge in [-0.05, 0) is 217 Å². The van der Waals surface area contributed by atoms with Gasteiger partial charge < -0.3 is 62.7 Å². The molecule has 3 aliphatic heterocycles. The van der Waals surface area contributed by atoms with Crippen molar-refractivity contribution < 1.29 is 28.4 Å². The lowest BCUT2D eigenvalue weighted by Crippen LogP contribution is -2.08. The van der Waals surface area contributed by atoms with E-state index in [4.69, 9.17) is 28.4 Å². The highest BCUT2D eigenvalue weighted by Gasteiger charge is 2.18. The summed E-state index contributed by atoms with van der Waals surface area (Å²) in [5.74, 6) is 9.24. The summed E-state index contributed by atoms with van der Waals surface area (Å²) in [6.45, 7) is 46.8. The van der Waals surface area contributed by atoms with Crippen molar-refractivity contribution in [2.24, 2.45) is 0 Å². The zero-order chi connectivity index (χ0) is 70.1. The molecule has 0 unspecified atom stereocenters. The molecule has 0 spiro atoms. The highest BCUT2D eigenvalue weighted by atomic mass is 16.6. The van der Waals surface area contributed by atoms with Gasteiger partial charge in [-0.3, -0.25) is 0 Å². The van der Waals surface area contributed by atoms with Crippen molar-refractivity contribution >= 4 is 0 Å². The molecule has 0 saturated heterocycles. The minimum absolute atomic E-state index is 0.770. The minimum atomic E-state index is 0.770. The van der Waals surface area contributed by atoms with Crippen LogP contribution in [0, 0.1) is 0 Å². The molecule has 13 nitrogen and oxygen atoms in total. The number of nitrogens with zero attached hydrogens (tertiary/aromatic N) is 7. The van der Waals surface area contributed by atoms with Gasteiger partial charge >= 0.3 is 0 Å². The van der Waals surface area contributed by atoms with E-state index in [0.717, 1.165) is 115 Å². The molecule has 0 amide bonds. The third-order valence-corrected chi connectivity index (χ3v) is 10.8. The minimum Gasteiger partial charge on any atom is -0.450 e. The van der Waals surface area contributed by atoms with E-state index in [1.54, 1.807) is 0 Å². The average molecular weight is 1240 g/mol. The van der Waals surface area contributed by atoms with Crippen LogP contribution >= 0.6 is 0 Å². The van der Waals surface area contributed by atoms with Gasteiger partial charge in [0.25, 0.3) is 0 Å². The van der Waals surface area contributed by atoms with Gasteiger partial charge in [0.1, 0.15) is 0 Å². The van der Waals surface area contributed by atoms with Gasteiger partial charge in [0, 0.05) is 0 Å². The summed E-state index contributed by atoms with van der Waals surface area (Å²) in [5.41, 5.74) is 0. The summed E-state index contributed by atoms with van der Waals surface area (Å²) >= 11 is 0. The number of fused-ring (bicyclic) bond motifs is 6. The molecule has 3 aliphatic rings. The maximum Gasteiger partial charge on any atom is 0.170 e. The average Bonchev–Trinajstić information content (AvgIpc) is 2.49. The predicted octanol–water partition coefficient (Wildman–Crippen LogP) is 20.9. The zero-order valence-corrected chi connectivity index (χ0v) is 63.4. The molecule has 0 radical (unpaired) electrons. The molecule has 0 bridgehead atoms. The van der Waals surface area contributed by atoms with E-state index in [1.165, 1.54) is 0 Å². The smallest absolute Gasteiger partial charge is 0.170 e. The van der Waals surface area contributed by atoms with Crippen molar-refractivity contribution in [3.05, 3.63) is 146 Å². The van der Waals surface area contributed by atoms with E-state index in [1.807, 2.05) is 229 Å². The van der Waals surface area contributed by atoms with E-state index in [2.05, 4.69) is 181 Å². The first-order valence-electron chi connectivity index (χ1n) is 32.8. The number of para-hydroxylation sites is 12. The summed E-state index contributed by atoms with van der Waals surface area (Å²) in [7, 11) is 28.8.